The van der Waals surface area contributed by atoms with Crippen molar-refractivity contribution < 1.29 is 22.7 Å². The molecule has 1 fully saturated rings. The van der Waals surface area contributed by atoms with E-state index in [1.807, 2.05) is 11.9 Å². The average Bonchev–Trinajstić information content (AvgIpc) is 3.54. The van der Waals surface area contributed by atoms with E-state index in [-0.39, 0.29) is 27.4 Å². The van der Waals surface area contributed by atoms with Crippen LogP contribution in [0.5, 0.6) is 5.88 Å². The second-order valence-corrected chi connectivity index (χ2v) is 12.7. The van der Waals surface area contributed by atoms with Crippen molar-refractivity contribution in [2.75, 3.05) is 24.4 Å². The molecule has 0 spiro atoms. The van der Waals surface area contributed by atoms with Crippen LogP contribution in [0, 0.1) is 5.92 Å². The Labute approximate surface area is 229 Å². The van der Waals surface area contributed by atoms with Gasteiger partial charge in [0.2, 0.25) is 21.6 Å². The highest BCUT2D eigenvalue weighted by molar-refractivity contribution is 7.92. The third-order valence-electron chi connectivity index (χ3n) is 7.45. The Morgan fingerprint density at radius 2 is 1.92 bits per heavy atom. The molecule has 200 valence electrons. The van der Waals surface area contributed by atoms with Crippen molar-refractivity contribution in [3.63, 3.8) is 0 Å². The number of anilines is 3. The van der Waals surface area contributed by atoms with E-state index in [9.17, 15) is 18.0 Å². The zero-order valence-electron chi connectivity index (χ0n) is 21.4. The lowest BCUT2D eigenvalue weighted by Crippen LogP contribution is -2.25. The van der Waals surface area contributed by atoms with E-state index in [4.69, 9.17) is 4.74 Å². The fourth-order valence-electron chi connectivity index (χ4n) is 5.43. The van der Waals surface area contributed by atoms with Gasteiger partial charge in [-0.05, 0) is 54.7 Å². The normalized spacial score (nSPS) is 18.5. The van der Waals surface area contributed by atoms with Crippen molar-refractivity contribution in [3.8, 4) is 5.88 Å². The molecule has 11 heteroatoms. The molecule has 1 saturated carbocycles. The van der Waals surface area contributed by atoms with Gasteiger partial charge in [0.15, 0.2) is 5.13 Å². The number of carbonyl (C=O) groups excluding carboxylic acids is 2. The first-order chi connectivity index (χ1) is 18.7. The standard InChI is InChI=1S/C28H26N4O5S2/c1-32-21-5-3-4-6-23(21)39(35,36)24-11-8-17(15-22(24)32)19(14-16-7-9-18(33)13-16)26(34)31-28-29-20-10-12-25(37-2)30-27(20)38-28/h3-6,8,10-12,15-16,19H,7,9,13-14H2,1-2H3,(H,29,31,34). The number of ketones is 1. The zero-order chi connectivity index (χ0) is 27.3. The third kappa shape index (κ3) is 4.55. The summed E-state index contributed by atoms with van der Waals surface area (Å²) in [5, 5.41) is 3.36. The summed E-state index contributed by atoms with van der Waals surface area (Å²) in [5.41, 5.74) is 2.44. The average molecular weight is 563 g/mol. The van der Waals surface area contributed by atoms with Gasteiger partial charge in [0.1, 0.15) is 16.1 Å². The second kappa shape index (κ2) is 9.73. The topological polar surface area (TPSA) is 119 Å². The van der Waals surface area contributed by atoms with Gasteiger partial charge in [-0.25, -0.2) is 18.4 Å². The first kappa shape index (κ1) is 25.4. The molecular weight excluding hydrogens is 536 g/mol. The molecule has 0 radical (unpaired) electrons. The Balaban J connectivity index is 1.36. The van der Waals surface area contributed by atoms with E-state index in [1.165, 1.54) is 18.4 Å². The van der Waals surface area contributed by atoms with Gasteiger partial charge in [-0.1, -0.05) is 29.5 Å². The van der Waals surface area contributed by atoms with Crippen molar-refractivity contribution >= 4 is 59.7 Å². The molecule has 6 rings (SSSR count). The number of sulfone groups is 1. The number of hydrogen-bond donors (Lipinski definition) is 1. The smallest absolute Gasteiger partial charge is 0.233 e. The van der Waals surface area contributed by atoms with Crippen LogP contribution >= 0.6 is 11.3 Å². The molecule has 3 heterocycles. The number of carbonyl (C=O) groups is 2. The molecule has 1 N–H and O–H groups in total. The van der Waals surface area contributed by atoms with Crippen molar-refractivity contribution in [2.24, 2.45) is 5.92 Å². The molecule has 1 amide bonds. The summed E-state index contributed by atoms with van der Waals surface area (Å²) >= 11 is 1.25. The van der Waals surface area contributed by atoms with Crippen LogP contribution in [0.3, 0.4) is 0 Å². The summed E-state index contributed by atoms with van der Waals surface area (Å²) in [4.78, 5) is 37.6. The Morgan fingerprint density at radius 3 is 2.69 bits per heavy atom. The summed E-state index contributed by atoms with van der Waals surface area (Å²) in [7, 11) is -0.348. The fraction of sp³-hybridized carbons (Fsp3) is 0.286. The number of fused-ring (bicyclic) bond motifs is 3. The van der Waals surface area contributed by atoms with Crippen molar-refractivity contribution in [3.05, 3.63) is 60.2 Å². The molecule has 2 unspecified atom stereocenters. The van der Waals surface area contributed by atoms with Gasteiger partial charge in [-0.3, -0.25) is 9.59 Å². The van der Waals surface area contributed by atoms with Crippen molar-refractivity contribution in [1.29, 1.82) is 0 Å². The Bertz CT molecular complexity index is 1730. The van der Waals surface area contributed by atoms with Crippen LogP contribution in [-0.4, -0.2) is 44.2 Å². The molecule has 4 aromatic rings. The van der Waals surface area contributed by atoms with Gasteiger partial charge < -0.3 is 15.0 Å². The van der Waals surface area contributed by atoms with Gasteiger partial charge >= 0.3 is 0 Å². The number of rotatable bonds is 6. The molecule has 1 aliphatic heterocycles. The SMILES string of the molecule is COc1ccc2nc(NC(=O)C(CC3CCC(=O)C3)c3ccc4c(c3)N(C)c3ccccc3S4(=O)=O)sc2n1. The minimum Gasteiger partial charge on any atom is -0.481 e. The van der Waals surface area contributed by atoms with E-state index in [0.29, 0.717) is 57.6 Å². The predicted molar refractivity (Wildman–Crippen MR) is 149 cm³/mol. The number of ether oxygens (including phenoxy) is 1. The molecule has 39 heavy (non-hydrogen) atoms. The van der Waals surface area contributed by atoms with Crippen LogP contribution in [0.4, 0.5) is 16.5 Å². The van der Waals surface area contributed by atoms with Gasteiger partial charge in [0, 0.05) is 26.0 Å². The molecule has 2 aromatic carbocycles. The predicted octanol–water partition coefficient (Wildman–Crippen LogP) is 5.10. The number of thiazole rings is 1. The maximum atomic E-state index is 13.8. The van der Waals surface area contributed by atoms with Crippen LogP contribution in [0.25, 0.3) is 10.3 Å². The van der Waals surface area contributed by atoms with Crippen molar-refractivity contribution in [1.82, 2.24) is 9.97 Å². The summed E-state index contributed by atoms with van der Waals surface area (Å²) in [6.07, 6.45) is 2.17. The zero-order valence-corrected chi connectivity index (χ0v) is 23.0. The van der Waals surface area contributed by atoms with Crippen LogP contribution in [0.15, 0.2) is 64.4 Å². The summed E-state index contributed by atoms with van der Waals surface area (Å²) < 4.78 is 31.9. The Hall–Kier alpha value is -3.83. The first-order valence-electron chi connectivity index (χ1n) is 12.6. The van der Waals surface area contributed by atoms with Gasteiger partial charge in [0.25, 0.3) is 0 Å². The third-order valence-corrected chi connectivity index (χ3v) is 10.2. The van der Waals surface area contributed by atoms with Crippen LogP contribution in [-0.2, 0) is 19.4 Å². The number of nitrogens with one attached hydrogen (secondary N) is 1. The fourth-order valence-corrected chi connectivity index (χ4v) is 7.96. The lowest BCUT2D eigenvalue weighted by Gasteiger charge is -2.31. The number of Topliss-reactive ketones (excluding diaryl/α,β-unsaturated/α-hetero) is 1. The number of para-hydroxylation sites is 1. The molecule has 2 aliphatic rings. The maximum Gasteiger partial charge on any atom is 0.233 e. The number of benzene rings is 2. The Morgan fingerprint density at radius 1 is 1.13 bits per heavy atom. The maximum absolute atomic E-state index is 13.8. The molecular formula is C28H26N4O5S2. The number of aromatic nitrogens is 2. The number of pyridine rings is 1. The number of nitrogens with zero attached hydrogens (tertiary/aromatic N) is 3. The highest BCUT2D eigenvalue weighted by Crippen LogP contribution is 2.45. The summed E-state index contributed by atoms with van der Waals surface area (Å²) in [6.45, 7) is 0. The Kier molecular flexibility index (Phi) is 6.35. The summed E-state index contributed by atoms with van der Waals surface area (Å²) in [6, 6.07) is 15.5. The van der Waals surface area contributed by atoms with Crippen LogP contribution in [0.2, 0.25) is 0 Å². The first-order valence-corrected chi connectivity index (χ1v) is 14.9. The van der Waals surface area contributed by atoms with E-state index in [1.54, 1.807) is 54.6 Å². The van der Waals surface area contributed by atoms with E-state index in [0.717, 1.165) is 6.42 Å². The molecule has 1 aliphatic carbocycles. The van der Waals surface area contributed by atoms with E-state index >= 15 is 0 Å². The summed E-state index contributed by atoms with van der Waals surface area (Å²) in [5.74, 6) is -0.121. The number of methoxy groups -OCH3 is 1. The van der Waals surface area contributed by atoms with Crippen LogP contribution in [0.1, 0.15) is 37.2 Å². The van der Waals surface area contributed by atoms with Crippen LogP contribution < -0.4 is 15.0 Å². The number of hydrogen-bond acceptors (Lipinski definition) is 9. The second-order valence-electron chi connectivity index (χ2n) is 9.88. The lowest BCUT2D eigenvalue weighted by atomic mass is 9.87. The minimum absolute atomic E-state index is 0.0766. The lowest BCUT2D eigenvalue weighted by molar-refractivity contribution is -0.119. The molecule has 9 nitrogen and oxygen atoms in total. The monoisotopic (exact) mass is 562 g/mol. The molecule has 0 bridgehead atoms. The van der Waals surface area contributed by atoms with Crippen molar-refractivity contribution in [2.45, 2.75) is 41.4 Å². The highest BCUT2D eigenvalue weighted by Gasteiger charge is 2.35. The van der Waals surface area contributed by atoms with Gasteiger partial charge in [-0.2, -0.15) is 0 Å². The highest BCUT2D eigenvalue weighted by atomic mass is 32.2. The number of amides is 1. The molecule has 0 saturated heterocycles. The minimum atomic E-state index is -3.71. The van der Waals surface area contributed by atoms with Gasteiger partial charge in [-0.15, -0.1) is 0 Å². The van der Waals surface area contributed by atoms with E-state index < -0.39 is 15.8 Å². The van der Waals surface area contributed by atoms with E-state index in [2.05, 4.69) is 15.3 Å². The molecule has 2 aromatic heterocycles. The quantitative estimate of drug-likeness (QED) is 0.345. The molecule has 2 atom stereocenters. The largest absolute Gasteiger partial charge is 0.481 e. The van der Waals surface area contributed by atoms with Gasteiger partial charge in [0.05, 0.1) is 34.2 Å².